The smallest absolute Gasteiger partial charge is 0.142 e. The second-order valence-corrected chi connectivity index (χ2v) is 6.85. The van der Waals surface area contributed by atoms with Gasteiger partial charge in [-0.15, -0.1) is 0 Å². The first kappa shape index (κ1) is 16.9. The number of fused-ring (bicyclic) bond motifs is 1. The third-order valence-electron chi connectivity index (χ3n) is 5.10. The minimum atomic E-state index is 0.707. The quantitative estimate of drug-likeness (QED) is 0.673. The molecule has 3 aromatic carbocycles. The highest BCUT2D eigenvalue weighted by atomic mass is 16.5. The van der Waals surface area contributed by atoms with E-state index in [1.165, 1.54) is 22.0 Å². The lowest BCUT2D eigenvalue weighted by atomic mass is 10.1. The fourth-order valence-electron chi connectivity index (χ4n) is 3.74. The van der Waals surface area contributed by atoms with Gasteiger partial charge in [-0.3, -0.25) is 4.90 Å². The fourth-order valence-corrected chi connectivity index (χ4v) is 3.74. The SMILES string of the molecule is CCOc1ccccc1N1CCN(Cc2ccc3ccccc3c2)CC1. The number of piperazine rings is 1. The Kier molecular flexibility index (Phi) is 5.07. The molecule has 1 saturated heterocycles. The van der Waals surface area contributed by atoms with Crippen LogP contribution >= 0.6 is 0 Å². The molecule has 0 atom stereocenters. The number of rotatable bonds is 5. The summed E-state index contributed by atoms with van der Waals surface area (Å²) in [5.41, 5.74) is 2.62. The van der Waals surface area contributed by atoms with Crippen molar-refractivity contribution in [1.29, 1.82) is 0 Å². The molecule has 0 bridgehead atoms. The lowest BCUT2D eigenvalue weighted by Gasteiger charge is -2.36. The fraction of sp³-hybridized carbons (Fsp3) is 0.304. The van der Waals surface area contributed by atoms with Crippen LogP contribution in [0.5, 0.6) is 5.75 Å². The van der Waals surface area contributed by atoms with E-state index in [0.29, 0.717) is 6.61 Å². The highest BCUT2D eigenvalue weighted by Crippen LogP contribution is 2.29. The van der Waals surface area contributed by atoms with Crippen molar-refractivity contribution < 1.29 is 4.74 Å². The molecule has 4 rings (SSSR count). The van der Waals surface area contributed by atoms with Gasteiger partial charge in [0.15, 0.2) is 0 Å². The van der Waals surface area contributed by atoms with Crippen molar-refractivity contribution in [3.05, 3.63) is 72.3 Å². The molecule has 1 heterocycles. The van der Waals surface area contributed by atoms with Gasteiger partial charge in [-0.25, -0.2) is 0 Å². The molecular weight excluding hydrogens is 320 g/mol. The van der Waals surface area contributed by atoms with Crippen LogP contribution in [0.3, 0.4) is 0 Å². The first-order valence-electron chi connectivity index (χ1n) is 9.50. The monoisotopic (exact) mass is 346 g/mol. The Hall–Kier alpha value is -2.52. The van der Waals surface area contributed by atoms with Gasteiger partial charge in [-0.05, 0) is 41.5 Å². The maximum atomic E-state index is 5.80. The van der Waals surface area contributed by atoms with Crippen LogP contribution in [0.2, 0.25) is 0 Å². The van der Waals surface area contributed by atoms with Gasteiger partial charge in [0, 0.05) is 32.7 Å². The summed E-state index contributed by atoms with van der Waals surface area (Å²) in [4.78, 5) is 4.99. The standard InChI is InChI=1S/C23H26N2O/c1-2-26-23-10-6-5-9-22(23)25-15-13-24(14-16-25)18-19-11-12-20-7-3-4-8-21(20)17-19/h3-12,17H,2,13-16,18H2,1H3. The average Bonchev–Trinajstić information content (AvgIpc) is 2.69. The molecular formula is C23H26N2O. The van der Waals surface area contributed by atoms with Gasteiger partial charge in [0.1, 0.15) is 5.75 Å². The summed E-state index contributed by atoms with van der Waals surface area (Å²) in [5.74, 6) is 0.998. The van der Waals surface area contributed by atoms with E-state index in [0.717, 1.165) is 38.5 Å². The molecule has 134 valence electrons. The van der Waals surface area contributed by atoms with Gasteiger partial charge in [-0.1, -0.05) is 48.5 Å². The number of benzene rings is 3. The average molecular weight is 346 g/mol. The molecule has 1 fully saturated rings. The maximum Gasteiger partial charge on any atom is 0.142 e. The van der Waals surface area contributed by atoms with Crippen LogP contribution in [0, 0.1) is 0 Å². The minimum Gasteiger partial charge on any atom is -0.492 e. The Morgan fingerprint density at radius 3 is 2.35 bits per heavy atom. The number of para-hydroxylation sites is 2. The van der Waals surface area contributed by atoms with Crippen LogP contribution in [-0.2, 0) is 6.54 Å². The molecule has 0 aromatic heterocycles. The number of anilines is 1. The Labute approximate surface area is 155 Å². The van der Waals surface area contributed by atoms with E-state index in [1.54, 1.807) is 0 Å². The zero-order chi connectivity index (χ0) is 17.8. The Morgan fingerprint density at radius 1 is 0.808 bits per heavy atom. The molecule has 0 spiro atoms. The van der Waals surface area contributed by atoms with Gasteiger partial charge in [0.25, 0.3) is 0 Å². The molecule has 0 radical (unpaired) electrons. The predicted octanol–water partition coefficient (Wildman–Crippen LogP) is 4.56. The number of hydrogen-bond acceptors (Lipinski definition) is 3. The van der Waals surface area contributed by atoms with Crippen LogP contribution in [-0.4, -0.2) is 37.7 Å². The van der Waals surface area contributed by atoms with Gasteiger partial charge in [0.2, 0.25) is 0 Å². The summed E-state index contributed by atoms with van der Waals surface area (Å²) in [6, 6.07) is 23.8. The zero-order valence-corrected chi connectivity index (χ0v) is 15.4. The summed E-state index contributed by atoms with van der Waals surface area (Å²) in [7, 11) is 0. The van der Waals surface area contributed by atoms with Crippen molar-refractivity contribution in [2.45, 2.75) is 13.5 Å². The third kappa shape index (κ3) is 3.68. The van der Waals surface area contributed by atoms with E-state index in [-0.39, 0.29) is 0 Å². The minimum absolute atomic E-state index is 0.707. The Balaban J connectivity index is 1.40. The first-order chi connectivity index (χ1) is 12.8. The molecule has 3 nitrogen and oxygen atoms in total. The van der Waals surface area contributed by atoms with Crippen molar-refractivity contribution >= 4 is 16.5 Å². The summed E-state index contributed by atoms with van der Waals surface area (Å²) in [6.45, 7) is 8.00. The van der Waals surface area contributed by atoms with Gasteiger partial charge < -0.3 is 9.64 Å². The first-order valence-corrected chi connectivity index (χ1v) is 9.50. The largest absolute Gasteiger partial charge is 0.492 e. The Bertz CT molecular complexity index is 869. The lowest BCUT2D eigenvalue weighted by Crippen LogP contribution is -2.46. The lowest BCUT2D eigenvalue weighted by molar-refractivity contribution is 0.248. The highest BCUT2D eigenvalue weighted by molar-refractivity contribution is 5.82. The van der Waals surface area contributed by atoms with Crippen molar-refractivity contribution in [3.63, 3.8) is 0 Å². The van der Waals surface area contributed by atoms with Crippen LogP contribution in [0.1, 0.15) is 12.5 Å². The number of ether oxygens (including phenoxy) is 1. The van der Waals surface area contributed by atoms with Crippen molar-refractivity contribution in [2.24, 2.45) is 0 Å². The molecule has 0 amide bonds. The topological polar surface area (TPSA) is 15.7 Å². The summed E-state index contributed by atoms with van der Waals surface area (Å²) >= 11 is 0. The summed E-state index contributed by atoms with van der Waals surface area (Å²) in [5, 5.41) is 2.64. The van der Waals surface area contributed by atoms with E-state index in [1.807, 2.05) is 13.0 Å². The van der Waals surface area contributed by atoms with Crippen LogP contribution < -0.4 is 9.64 Å². The van der Waals surface area contributed by atoms with Gasteiger partial charge in [-0.2, -0.15) is 0 Å². The molecule has 26 heavy (non-hydrogen) atoms. The molecule has 3 heteroatoms. The predicted molar refractivity (Wildman–Crippen MR) is 109 cm³/mol. The van der Waals surface area contributed by atoms with Crippen LogP contribution in [0.25, 0.3) is 10.8 Å². The summed E-state index contributed by atoms with van der Waals surface area (Å²) < 4.78 is 5.80. The third-order valence-corrected chi connectivity index (χ3v) is 5.10. The number of hydrogen-bond donors (Lipinski definition) is 0. The van der Waals surface area contributed by atoms with E-state index in [4.69, 9.17) is 4.74 Å². The van der Waals surface area contributed by atoms with Gasteiger partial charge in [0.05, 0.1) is 12.3 Å². The van der Waals surface area contributed by atoms with E-state index in [9.17, 15) is 0 Å². The van der Waals surface area contributed by atoms with Crippen LogP contribution in [0.4, 0.5) is 5.69 Å². The van der Waals surface area contributed by atoms with Crippen molar-refractivity contribution in [2.75, 3.05) is 37.7 Å². The second kappa shape index (κ2) is 7.79. The van der Waals surface area contributed by atoms with E-state index >= 15 is 0 Å². The molecule has 0 aliphatic carbocycles. The molecule has 0 N–H and O–H groups in total. The van der Waals surface area contributed by atoms with Crippen molar-refractivity contribution in [1.82, 2.24) is 4.90 Å². The molecule has 1 aliphatic heterocycles. The second-order valence-electron chi connectivity index (χ2n) is 6.85. The maximum absolute atomic E-state index is 5.80. The normalized spacial score (nSPS) is 15.3. The number of nitrogens with zero attached hydrogens (tertiary/aromatic N) is 2. The van der Waals surface area contributed by atoms with E-state index in [2.05, 4.69) is 70.5 Å². The molecule has 0 unspecified atom stereocenters. The zero-order valence-electron chi connectivity index (χ0n) is 15.4. The van der Waals surface area contributed by atoms with Crippen molar-refractivity contribution in [3.8, 4) is 5.75 Å². The van der Waals surface area contributed by atoms with E-state index < -0.39 is 0 Å². The van der Waals surface area contributed by atoms with Gasteiger partial charge >= 0.3 is 0 Å². The van der Waals surface area contributed by atoms with Crippen LogP contribution in [0.15, 0.2) is 66.7 Å². The highest BCUT2D eigenvalue weighted by Gasteiger charge is 2.19. The summed E-state index contributed by atoms with van der Waals surface area (Å²) in [6.07, 6.45) is 0. The Morgan fingerprint density at radius 2 is 1.54 bits per heavy atom. The molecule has 3 aromatic rings. The molecule has 1 aliphatic rings. The molecule has 0 saturated carbocycles.